The molecule has 0 bridgehead atoms. The minimum Gasteiger partial charge on any atom is -1.00 e. The van der Waals surface area contributed by atoms with Crippen LogP contribution in [0.25, 0.3) is 0 Å². The molecule has 0 amide bonds. The lowest BCUT2D eigenvalue weighted by atomic mass is 10.2. The molecule has 0 aromatic carbocycles. The van der Waals surface area contributed by atoms with Crippen molar-refractivity contribution in [3.63, 3.8) is 0 Å². The van der Waals surface area contributed by atoms with Crippen LogP contribution >= 0.6 is 24.0 Å². The Morgan fingerprint density at radius 3 is 1.56 bits per heavy atom. The minimum atomic E-state index is -0.369. The number of hydrogen-bond donors (Lipinski definition) is 0. The smallest absolute Gasteiger partial charge is 0.356 e. The second kappa shape index (κ2) is 22.3. The van der Waals surface area contributed by atoms with Crippen LogP contribution in [0.1, 0.15) is 89.3 Å². The van der Waals surface area contributed by atoms with E-state index in [0.717, 1.165) is 28.2 Å². The molecule has 3 aromatic heterocycles. The van der Waals surface area contributed by atoms with E-state index in [9.17, 15) is 14.4 Å². The summed E-state index contributed by atoms with van der Waals surface area (Å²) in [6, 6.07) is 1.71. The fourth-order valence-corrected chi connectivity index (χ4v) is 3.89. The first kappa shape index (κ1) is 46.6. The molecule has 3 heterocycles. The Hall–Kier alpha value is -3.32. The molecule has 0 saturated carbocycles. The maximum atomic E-state index is 11.5. The number of ether oxygens (including phenoxy) is 3. The first-order valence-electron chi connectivity index (χ1n) is 12.4. The number of rotatable bonds is 7. The van der Waals surface area contributed by atoms with Gasteiger partial charge in [0.05, 0.1) is 42.8 Å². The van der Waals surface area contributed by atoms with E-state index >= 15 is 0 Å². The summed E-state index contributed by atoms with van der Waals surface area (Å²) in [6.07, 6.45) is 0. The van der Waals surface area contributed by atoms with Gasteiger partial charge < -0.3 is 23.1 Å². The minimum absolute atomic E-state index is 0. The lowest BCUT2D eigenvalue weighted by Crippen LogP contribution is -2.12. The number of halogens is 2. The molecule has 0 aliphatic heterocycles. The molecule has 3 aromatic rings. The van der Waals surface area contributed by atoms with E-state index in [1.807, 2.05) is 27.7 Å². The largest absolute Gasteiger partial charge is 1.00 e. The van der Waals surface area contributed by atoms with Crippen LogP contribution in [0.15, 0.2) is 6.07 Å². The van der Waals surface area contributed by atoms with Crippen LogP contribution in [0.5, 0.6) is 0 Å². The highest BCUT2D eigenvalue weighted by molar-refractivity contribution is 6.17. The number of carbonyl (C=O) groups is 3. The molecule has 15 heteroatoms. The first-order chi connectivity index (χ1) is 18.3. The van der Waals surface area contributed by atoms with Gasteiger partial charge in [-0.25, -0.2) is 14.4 Å². The fourth-order valence-electron chi connectivity index (χ4n) is 3.57. The molecule has 12 nitrogen and oxygen atoms in total. The van der Waals surface area contributed by atoms with E-state index in [1.54, 1.807) is 52.7 Å². The Kier molecular flexibility index (Phi) is 24.1. The zero-order chi connectivity index (χ0) is 29.9. The van der Waals surface area contributed by atoms with Gasteiger partial charge in [-0.05, 0) is 54.5 Å². The Balaban J connectivity index is -0.000000164. The average molecular weight is 651 g/mol. The molecular formula is C28H52BCl2N6O6-3. The van der Waals surface area contributed by atoms with Crippen molar-refractivity contribution in [3.05, 3.63) is 58.8 Å². The van der Waals surface area contributed by atoms with Crippen molar-refractivity contribution in [2.24, 2.45) is 21.1 Å². The third kappa shape index (κ3) is 12.8. The van der Waals surface area contributed by atoms with E-state index in [0.29, 0.717) is 36.9 Å². The van der Waals surface area contributed by atoms with Gasteiger partial charge in [0.25, 0.3) is 0 Å². The topological polar surface area (TPSA) is 132 Å². The van der Waals surface area contributed by atoms with E-state index < -0.39 is 0 Å². The molecule has 0 spiro atoms. The van der Waals surface area contributed by atoms with E-state index in [-0.39, 0.29) is 60.9 Å². The standard InChI is InChI=1S/C9H13ClN2O2.C9H14N2O2.C8H12N2O2.CH4.CH3.BH4.ClH.H/c1-4-14-9(13)8-7(5-10)6(2)11-12(8)3;1-5-13-9(12)8-6(2)7(3)10-11(8)4;1-4-12-8(11)7-5-6(2)9-10(7)3;;;;;/h4-5H2,1-3H3;5H2,1-4H3;5H,4H2,1-3H3;1H4;1H3;1H4;1H;/q;;;;2*-1;;-1/i;;;;;;;1+1. The number of hydrogen-bond acceptors (Lipinski definition) is 9. The van der Waals surface area contributed by atoms with Crippen LogP contribution in [0.4, 0.5) is 0 Å². The molecule has 3 rings (SSSR count). The highest BCUT2D eigenvalue weighted by Gasteiger charge is 2.20. The molecule has 0 aliphatic carbocycles. The van der Waals surface area contributed by atoms with Crippen LogP contribution in [0.3, 0.4) is 0 Å². The van der Waals surface area contributed by atoms with Crippen molar-refractivity contribution in [2.75, 3.05) is 19.8 Å². The number of aryl methyl sites for hydroxylation is 6. The van der Waals surface area contributed by atoms with Crippen molar-refractivity contribution in [1.82, 2.24) is 29.3 Å². The van der Waals surface area contributed by atoms with Crippen LogP contribution < -0.4 is 0 Å². The Labute approximate surface area is 270 Å². The van der Waals surface area contributed by atoms with E-state index in [4.69, 9.17) is 25.8 Å². The summed E-state index contributed by atoms with van der Waals surface area (Å²) in [5.74, 6) is -0.719. The van der Waals surface area contributed by atoms with Crippen LogP contribution in [-0.4, -0.2) is 75.5 Å². The summed E-state index contributed by atoms with van der Waals surface area (Å²) in [4.78, 5) is 34.1. The van der Waals surface area contributed by atoms with Crippen molar-refractivity contribution in [2.45, 2.75) is 61.8 Å². The number of aromatic nitrogens is 6. The maximum Gasteiger partial charge on any atom is 0.356 e. The summed E-state index contributed by atoms with van der Waals surface area (Å²) in [6.45, 7) is 13.9. The zero-order valence-corrected chi connectivity index (χ0v) is 27.4. The number of esters is 3. The van der Waals surface area contributed by atoms with Crippen LogP contribution in [0.2, 0.25) is 0 Å². The van der Waals surface area contributed by atoms with Gasteiger partial charge >= 0.3 is 17.9 Å². The summed E-state index contributed by atoms with van der Waals surface area (Å²) >= 11 is 5.73. The quantitative estimate of drug-likeness (QED) is 0.123. The third-order valence-electron chi connectivity index (χ3n) is 5.43. The van der Waals surface area contributed by atoms with Crippen LogP contribution in [-0.2, 0) is 41.2 Å². The molecule has 0 unspecified atom stereocenters. The lowest BCUT2D eigenvalue weighted by molar-refractivity contribution is 0.0503. The summed E-state index contributed by atoms with van der Waals surface area (Å²) in [5, 5.41) is 12.3. The van der Waals surface area contributed by atoms with Crippen molar-refractivity contribution in [1.29, 1.82) is 0 Å². The van der Waals surface area contributed by atoms with Gasteiger partial charge in [-0.3, -0.25) is 14.0 Å². The zero-order valence-electron chi connectivity index (χ0n) is 26.8. The lowest BCUT2D eigenvalue weighted by Gasteiger charge is -2.03. The van der Waals surface area contributed by atoms with Gasteiger partial charge in [-0.1, -0.05) is 15.8 Å². The fraction of sp³-hybridized carbons (Fsp3) is 0.536. The van der Waals surface area contributed by atoms with Crippen LogP contribution in [0, 0.1) is 35.1 Å². The van der Waals surface area contributed by atoms with Gasteiger partial charge in [0.15, 0.2) is 5.69 Å². The predicted octanol–water partition coefficient (Wildman–Crippen LogP) is 3.93. The highest BCUT2D eigenvalue weighted by Crippen LogP contribution is 2.16. The molecule has 0 saturated heterocycles. The van der Waals surface area contributed by atoms with Gasteiger partial charge in [-0.15, -0.1) is 24.0 Å². The number of nitrogens with zero attached hydrogens (tertiary/aromatic N) is 6. The van der Waals surface area contributed by atoms with Crippen molar-refractivity contribution in [3.8, 4) is 0 Å². The second-order valence-corrected chi connectivity index (χ2v) is 8.58. The van der Waals surface area contributed by atoms with E-state index in [1.165, 1.54) is 9.36 Å². The van der Waals surface area contributed by atoms with Gasteiger partial charge in [0.1, 0.15) is 11.4 Å². The summed E-state index contributed by atoms with van der Waals surface area (Å²) in [5.41, 5.74) is 5.57. The Morgan fingerprint density at radius 1 is 0.767 bits per heavy atom. The monoisotopic (exact) mass is 650 g/mol. The molecule has 0 radical (unpaired) electrons. The number of alkyl halides is 1. The predicted molar refractivity (Wildman–Crippen MR) is 179 cm³/mol. The molecule has 0 atom stereocenters. The van der Waals surface area contributed by atoms with Crippen molar-refractivity contribution < 1.29 is 30.0 Å². The summed E-state index contributed by atoms with van der Waals surface area (Å²) < 4.78 is 19.2. The van der Waals surface area contributed by atoms with Gasteiger partial charge in [0, 0.05) is 32.3 Å². The normalized spacial score (nSPS) is 9.19. The third-order valence-corrected chi connectivity index (χ3v) is 5.69. The molecular weight excluding hydrogens is 598 g/mol. The summed E-state index contributed by atoms with van der Waals surface area (Å²) in [7, 11) is 5.17. The first-order valence-corrected chi connectivity index (χ1v) is 13.0. The molecule has 0 N–H and O–H groups in total. The second-order valence-electron chi connectivity index (χ2n) is 8.31. The average Bonchev–Trinajstić information content (AvgIpc) is 3.45. The molecule has 0 fully saturated rings. The number of carbonyl (C=O) groups excluding carboxylic acids is 3. The van der Waals surface area contributed by atoms with Gasteiger partial charge in [-0.2, -0.15) is 15.3 Å². The highest BCUT2D eigenvalue weighted by atomic mass is 35.5. The van der Waals surface area contributed by atoms with Gasteiger partial charge in [0.2, 0.25) is 0 Å². The molecule has 43 heavy (non-hydrogen) atoms. The Bertz CT molecular complexity index is 1300. The maximum absolute atomic E-state index is 11.5. The van der Waals surface area contributed by atoms with E-state index in [2.05, 4.69) is 15.3 Å². The molecule has 250 valence electrons. The molecule has 0 aliphatic rings. The SMILES string of the molecule is C.CCOC(=O)c1c(C)c(C)nn1C.CCOC(=O)c1c(CCl)c(C)nn1C.CCOC(=O)c1cc(C)nn1C.Cl.[2H-].[BH4-].[CH3-]. The Morgan fingerprint density at radius 2 is 1.19 bits per heavy atom. The van der Waals surface area contributed by atoms with Crippen molar-refractivity contribution >= 4 is 50.3 Å².